The van der Waals surface area contributed by atoms with Crippen LogP contribution in [0.4, 0.5) is 5.69 Å². The van der Waals surface area contributed by atoms with Crippen LogP contribution in [0.3, 0.4) is 0 Å². The van der Waals surface area contributed by atoms with Crippen LogP contribution in [0.15, 0.2) is 53.1 Å². The van der Waals surface area contributed by atoms with Crippen molar-refractivity contribution in [3.8, 4) is 0 Å². The summed E-state index contributed by atoms with van der Waals surface area (Å²) in [5.74, 6) is 0.937. The van der Waals surface area contributed by atoms with Gasteiger partial charge in [-0.3, -0.25) is 0 Å². The van der Waals surface area contributed by atoms with Gasteiger partial charge in [-0.25, -0.2) is 0 Å². The van der Waals surface area contributed by atoms with Crippen LogP contribution in [0.1, 0.15) is 12.2 Å². The first-order chi connectivity index (χ1) is 8.40. The number of benzene rings is 1. The highest BCUT2D eigenvalue weighted by atomic mass is 16.3. The van der Waals surface area contributed by atoms with E-state index in [1.54, 1.807) is 6.26 Å². The van der Waals surface area contributed by atoms with Crippen LogP contribution in [0, 0.1) is 0 Å². The molecule has 0 radical (unpaired) electrons. The molecule has 0 aliphatic heterocycles. The minimum atomic E-state index is 0.210. The maximum Gasteiger partial charge on any atom is 0.123 e. The molecule has 1 heterocycles. The van der Waals surface area contributed by atoms with Crippen molar-refractivity contribution in [2.24, 2.45) is 0 Å². The minimum absolute atomic E-state index is 0.210. The summed E-state index contributed by atoms with van der Waals surface area (Å²) >= 11 is 0. The fourth-order valence-corrected chi connectivity index (χ4v) is 1.79. The smallest absolute Gasteiger partial charge is 0.123 e. The zero-order valence-corrected chi connectivity index (χ0v) is 9.75. The summed E-state index contributed by atoms with van der Waals surface area (Å²) in [6, 6.07) is 14.0. The number of aliphatic hydroxyl groups is 1. The summed E-state index contributed by atoms with van der Waals surface area (Å²) in [7, 11) is 0. The molecule has 1 aromatic heterocycles. The molecule has 1 N–H and O–H groups in total. The van der Waals surface area contributed by atoms with Crippen LogP contribution >= 0.6 is 0 Å². The van der Waals surface area contributed by atoms with E-state index in [1.807, 2.05) is 30.3 Å². The molecule has 0 saturated carbocycles. The normalized spacial score (nSPS) is 10.4. The molecule has 0 aliphatic carbocycles. The summed E-state index contributed by atoms with van der Waals surface area (Å²) in [6.45, 7) is 1.76. The van der Waals surface area contributed by atoms with E-state index in [0.717, 1.165) is 31.0 Å². The number of aliphatic hydroxyl groups excluding tert-OH is 1. The van der Waals surface area contributed by atoms with Crippen molar-refractivity contribution in [2.75, 3.05) is 18.1 Å². The highest BCUT2D eigenvalue weighted by Crippen LogP contribution is 2.17. The number of hydrogen-bond acceptors (Lipinski definition) is 3. The molecule has 0 unspecified atom stereocenters. The number of para-hydroxylation sites is 1. The van der Waals surface area contributed by atoms with Crippen molar-refractivity contribution in [3.05, 3.63) is 54.5 Å². The van der Waals surface area contributed by atoms with Gasteiger partial charge in [0, 0.05) is 18.8 Å². The lowest BCUT2D eigenvalue weighted by molar-refractivity contribution is 0.289. The molecule has 3 heteroatoms. The highest BCUT2D eigenvalue weighted by molar-refractivity contribution is 5.46. The Kier molecular flexibility index (Phi) is 4.22. The second kappa shape index (κ2) is 6.11. The lowest BCUT2D eigenvalue weighted by atomic mass is 10.2. The zero-order valence-electron chi connectivity index (χ0n) is 9.75. The Hall–Kier alpha value is -1.74. The maximum absolute atomic E-state index is 8.94. The molecule has 0 amide bonds. The Morgan fingerprint density at radius 1 is 1.06 bits per heavy atom. The van der Waals surface area contributed by atoms with E-state index in [2.05, 4.69) is 17.0 Å². The average molecular weight is 231 g/mol. The molecule has 0 bridgehead atoms. The molecule has 3 nitrogen and oxygen atoms in total. The molecular formula is C14H17NO2. The van der Waals surface area contributed by atoms with Crippen molar-refractivity contribution in [2.45, 2.75) is 13.0 Å². The second-order valence-corrected chi connectivity index (χ2v) is 3.91. The molecule has 2 rings (SSSR count). The van der Waals surface area contributed by atoms with Crippen LogP contribution in [0.5, 0.6) is 0 Å². The zero-order chi connectivity index (χ0) is 11.9. The Labute approximate surface area is 101 Å². The van der Waals surface area contributed by atoms with Gasteiger partial charge in [0.2, 0.25) is 0 Å². The number of rotatable bonds is 6. The molecule has 17 heavy (non-hydrogen) atoms. The van der Waals surface area contributed by atoms with Crippen molar-refractivity contribution < 1.29 is 9.52 Å². The molecular weight excluding hydrogens is 214 g/mol. The van der Waals surface area contributed by atoms with Crippen LogP contribution in [0.25, 0.3) is 0 Å². The van der Waals surface area contributed by atoms with Crippen LogP contribution in [-0.4, -0.2) is 18.3 Å². The summed E-state index contributed by atoms with van der Waals surface area (Å²) in [5, 5.41) is 8.94. The van der Waals surface area contributed by atoms with E-state index in [9.17, 15) is 0 Å². The quantitative estimate of drug-likeness (QED) is 0.830. The number of nitrogens with zero attached hydrogens (tertiary/aromatic N) is 1. The monoisotopic (exact) mass is 231 g/mol. The van der Waals surface area contributed by atoms with Crippen LogP contribution < -0.4 is 4.90 Å². The lowest BCUT2D eigenvalue weighted by Gasteiger charge is -2.23. The fourth-order valence-electron chi connectivity index (χ4n) is 1.79. The second-order valence-electron chi connectivity index (χ2n) is 3.91. The molecule has 1 aromatic carbocycles. The van der Waals surface area contributed by atoms with Crippen molar-refractivity contribution in [3.63, 3.8) is 0 Å². The third-order valence-corrected chi connectivity index (χ3v) is 2.63. The molecule has 0 aliphatic rings. The SMILES string of the molecule is OCCCN(Cc1ccco1)c1ccccc1. The minimum Gasteiger partial charge on any atom is -0.467 e. The van der Waals surface area contributed by atoms with Gasteiger partial charge in [-0.15, -0.1) is 0 Å². The van der Waals surface area contributed by atoms with Gasteiger partial charge in [0.15, 0.2) is 0 Å². The van der Waals surface area contributed by atoms with Crippen LogP contribution in [0.2, 0.25) is 0 Å². The number of furan rings is 1. The van der Waals surface area contributed by atoms with Crippen molar-refractivity contribution >= 4 is 5.69 Å². The first-order valence-corrected chi connectivity index (χ1v) is 5.83. The first kappa shape index (κ1) is 11.7. The third kappa shape index (κ3) is 3.36. The van der Waals surface area contributed by atoms with Gasteiger partial charge in [-0.1, -0.05) is 18.2 Å². The van der Waals surface area contributed by atoms with E-state index in [-0.39, 0.29) is 6.61 Å². The lowest BCUT2D eigenvalue weighted by Crippen LogP contribution is -2.24. The van der Waals surface area contributed by atoms with Gasteiger partial charge in [-0.2, -0.15) is 0 Å². The van der Waals surface area contributed by atoms with Crippen molar-refractivity contribution in [1.82, 2.24) is 0 Å². The van der Waals surface area contributed by atoms with Gasteiger partial charge in [0.1, 0.15) is 5.76 Å². The largest absolute Gasteiger partial charge is 0.467 e. The van der Waals surface area contributed by atoms with E-state index in [0.29, 0.717) is 0 Å². The van der Waals surface area contributed by atoms with E-state index >= 15 is 0 Å². The Morgan fingerprint density at radius 3 is 2.53 bits per heavy atom. The molecule has 0 fully saturated rings. The summed E-state index contributed by atoms with van der Waals surface area (Å²) in [6.07, 6.45) is 2.44. The molecule has 90 valence electrons. The summed E-state index contributed by atoms with van der Waals surface area (Å²) in [5.41, 5.74) is 1.15. The Balaban J connectivity index is 2.08. The third-order valence-electron chi connectivity index (χ3n) is 2.63. The first-order valence-electron chi connectivity index (χ1n) is 5.83. The summed E-state index contributed by atoms with van der Waals surface area (Å²) in [4.78, 5) is 2.20. The topological polar surface area (TPSA) is 36.6 Å². The van der Waals surface area contributed by atoms with Crippen molar-refractivity contribution in [1.29, 1.82) is 0 Å². The number of anilines is 1. The fraction of sp³-hybridized carbons (Fsp3) is 0.286. The van der Waals surface area contributed by atoms with Gasteiger partial charge in [0.25, 0.3) is 0 Å². The van der Waals surface area contributed by atoms with Crippen LogP contribution in [-0.2, 0) is 6.54 Å². The standard InChI is InChI=1S/C14H17NO2/c16-10-5-9-15(12-14-8-4-11-17-14)13-6-2-1-3-7-13/h1-4,6-8,11,16H,5,9-10,12H2. The molecule has 2 aromatic rings. The van der Waals surface area contributed by atoms with E-state index in [1.165, 1.54) is 0 Å². The Bertz CT molecular complexity index is 411. The van der Waals surface area contributed by atoms with Gasteiger partial charge >= 0.3 is 0 Å². The predicted molar refractivity (Wildman–Crippen MR) is 67.9 cm³/mol. The molecule has 0 spiro atoms. The molecule has 0 atom stereocenters. The average Bonchev–Trinajstić information content (AvgIpc) is 2.88. The predicted octanol–water partition coefficient (Wildman–Crippen LogP) is 2.67. The van der Waals surface area contributed by atoms with Gasteiger partial charge in [-0.05, 0) is 30.7 Å². The van der Waals surface area contributed by atoms with Gasteiger partial charge < -0.3 is 14.4 Å². The van der Waals surface area contributed by atoms with E-state index in [4.69, 9.17) is 9.52 Å². The maximum atomic E-state index is 8.94. The van der Waals surface area contributed by atoms with E-state index < -0.39 is 0 Å². The van der Waals surface area contributed by atoms with Gasteiger partial charge in [0.05, 0.1) is 12.8 Å². The number of hydrogen-bond donors (Lipinski definition) is 1. The molecule has 0 saturated heterocycles. The summed E-state index contributed by atoms with van der Waals surface area (Å²) < 4.78 is 5.36. The highest BCUT2D eigenvalue weighted by Gasteiger charge is 2.08. The Morgan fingerprint density at radius 2 is 1.88 bits per heavy atom.